The highest BCUT2D eigenvalue weighted by Gasteiger charge is 2.34. The molecule has 3 rings (SSSR count). The lowest BCUT2D eigenvalue weighted by molar-refractivity contribution is 0.0972. The Balaban J connectivity index is 2.41. The van der Waals surface area contributed by atoms with Crippen LogP contribution in [0.4, 0.5) is 8.78 Å². The maximum Gasteiger partial charge on any atom is 0.197 e. The third kappa shape index (κ3) is 1.26. The van der Waals surface area contributed by atoms with Crippen molar-refractivity contribution in [3.63, 3.8) is 0 Å². The number of ketones is 2. The number of carbonyl (C=O) groups is 2. The summed E-state index contributed by atoms with van der Waals surface area (Å²) in [6.07, 6.45) is 0. The summed E-state index contributed by atoms with van der Waals surface area (Å²) in [6, 6.07) is 7.73. The average Bonchev–Trinajstić information content (AvgIpc) is 2.38. The van der Waals surface area contributed by atoms with E-state index in [1.165, 1.54) is 12.1 Å². The number of benzene rings is 2. The van der Waals surface area contributed by atoms with Crippen molar-refractivity contribution >= 4 is 11.6 Å². The molecule has 0 aliphatic heterocycles. The van der Waals surface area contributed by atoms with Crippen LogP contribution in [-0.2, 0) is 0 Å². The van der Waals surface area contributed by atoms with Gasteiger partial charge in [0.25, 0.3) is 0 Å². The van der Waals surface area contributed by atoms with E-state index in [0.29, 0.717) is 0 Å². The number of hydrogen-bond donors (Lipinski definition) is 0. The van der Waals surface area contributed by atoms with Gasteiger partial charge in [-0.1, -0.05) is 24.3 Å². The summed E-state index contributed by atoms with van der Waals surface area (Å²) in [5.41, 5.74) is -0.726. The van der Waals surface area contributed by atoms with Crippen LogP contribution in [0.2, 0.25) is 0 Å². The molecule has 0 aromatic heterocycles. The molecule has 2 aromatic rings. The summed E-state index contributed by atoms with van der Waals surface area (Å²) in [4.78, 5) is 24.1. The zero-order valence-corrected chi connectivity index (χ0v) is 9.04. The highest BCUT2D eigenvalue weighted by atomic mass is 19.1. The smallest absolute Gasteiger partial charge is 0.197 e. The van der Waals surface area contributed by atoms with E-state index >= 15 is 0 Å². The van der Waals surface area contributed by atoms with Crippen molar-refractivity contribution in [2.24, 2.45) is 0 Å². The Labute approximate surface area is 101 Å². The fourth-order valence-electron chi connectivity index (χ4n) is 2.14. The van der Waals surface area contributed by atoms with Gasteiger partial charge in [-0.15, -0.1) is 0 Å². The van der Waals surface area contributed by atoms with Crippen molar-refractivity contribution in [2.45, 2.75) is 0 Å². The Kier molecular flexibility index (Phi) is 2.13. The van der Waals surface area contributed by atoms with Gasteiger partial charge in [0.05, 0.1) is 11.1 Å². The van der Waals surface area contributed by atoms with Crippen LogP contribution >= 0.6 is 0 Å². The normalized spacial score (nSPS) is 13.2. The SMILES string of the molecule is O=C1c2ccccc2C(=O)c2c(F)ccc(F)c21. The van der Waals surface area contributed by atoms with Crippen LogP contribution < -0.4 is 0 Å². The lowest BCUT2D eigenvalue weighted by Crippen LogP contribution is -2.23. The second-order valence-corrected chi connectivity index (χ2v) is 3.98. The van der Waals surface area contributed by atoms with Crippen molar-refractivity contribution in [1.29, 1.82) is 0 Å². The quantitative estimate of drug-likeness (QED) is 0.609. The lowest BCUT2D eigenvalue weighted by Gasteiger charge is -2.17. The Morgan fingerprint density at radius 3 is 1.44 bits per heavy atom. The summed E-state index contributed by atoms with van der Waals surface area (Å²) >= 11 is 0. The minimum atomic E-state index is -0.876. The van der Waals surface area contributed by atoms with Gasteiger partial charge >= 0.3 is 0 Å². The number of fused-ring (bicyclic) bond motifs is 2. The Bertz CT molecular complexity index is 645. The predicted octanol–water partition coefficient (Wildman–Crippen LogP) is 2.74. The topological polar surface area (TPSA) is 34.1 Å². The van der Waals surface area contributed by atoms with E-state index in [-0.39, 0.29) is 11.1 Å². The Hall–Kier alpha value is -2.36. The highest BCUT2D eigenvalue weighted by molar-refractivity contribution is 6.28. The molecule has 0 amide bonds. The van der Waals surface area contributed by atoms with Crippen LogP contribution in [0.3, 0.4) is 0 Å². The monoisotopic (exact) mass is 244 g/mol. The van der Waals surface area contributed by atoms with E-state index in [2.05, 4.69) is 0 Å². The maximum absolute atomic E-state index is 13.6. The molecule has 2 nitrogen and oxygen atoms in total. The van der Waals surface area contributed by atoms with E-state index in [1.807, 2.05) is 0 Å². The molecule has 1 aliphatic rings. The second kappa shape index (κ2) is 3.57. The standard InChI is InChI=1S/C14H6F2O2/c15-9-5-6-10(16)12-11(9)13(17)7-3-1-2-4-8(7)14(12)18/h1-6H. The molecule has 88 valence electrons. The second-order valence-electron chi connectivity index (χ2n) is 3.98. The van der Waals surface area contributed by atoms with Gasteiger partial charge in [0.15, 0.2) is 11.6 Å². The number of hydrogen-bond acceptors (Lipinski definition) is 2. The molecule has 0 saturated carbocycles. The molecule has 0 saturated heterocycles. The first kappa shape index (κ1) is 10.8. The molecular formula is C14H6F2O2. The number of halogens is 2. The summed E-state index contributed by atoms with van der Waals surface area (Å²) in [7, 11) is 0. The summed E-state index contributed by atoms with van der Waals surface area (Å²) in [5.74, 6) is -3.06. The van der Waals surface area contributed by atoms with E-state index < -0.39 is 34.3 Å². The van der Waals surface area contributed by atoms with Crippen LogP contribution in [0.5, 0.6) is 0 Å². The summed E-state index contributed by atoms with van der Waals surface area (Å²) in [5, 5.41) is 0. The third-order valence-corrected chi connectivity index (χ3v) is 2.97. The molecule has 0 unspecified atom stereocenters. The first-order chi connectivity index (χ1) is 8.61. The third-order valence-electron chi connectivity index (χ3n) is 2.97. The van der Waals surface area contributed by atoms with Gasteiger partial charge in [-0.05, 0) is 12.1 Å². The molecule has 2 aromatic carbocycles. The van der Waals surface area contributed by atoms with Gasteiger partial charge in [0.1, 0.15) is 11.6 Å². The molecular weight excluding hydrogens is 238 g/mol. The van der Waals surface area contributed by atoms with Crippen molar-refractivity contribution in [3.05, 3.63) is 70.3 Å². The highest BCUT2D eigenvalue weighted by Crippen LogP contribution is 2.30. The fraction of sp³-hybridized carbons (Fsp3) is 0. The van der Waals surface area contributed by atoms with E-state index in [0.717, 1.165) is 12.1 Å². The first-order valence-electron chi connectivity index (χ1n) is 5.27. The van der Waals surface area contributed by atoms with Gasteiger partial charge in [-0.25, -0.2) is 8.78 Å². The van der Waals surface area contributed by atoms with E-state index in [9.17, 15) is 18.4 Å². The maximum atomic E-state index is 13.6. The molecule has 18 heavy (non-hydrogen) atoms. The molecule has 1 aliphatic carbocycles. The summed E-state index contributed by atoms with van der Waals surface area (Å²) < 4.78 is 27.3. The van der Waals surface area contributed by atoms with Crippen LogP contribution in [0.25, 0.3) is 0 Å². The summed E-state index contributed by atoms with van der Waals surface area (Å²) in [6.45, 7) is 0. The zero-order valence-electron chi connectivity index (χ0n) is 9.04. The first-order valence-corrected chi connectivity index (χ1v) is 5.27. The predicted molar refractivity (Wildman–Crippen MR) is 59.7 cm³/mol. The van der Waals surface area contributed by atoms with Crippen LogP contribution in [-0.4, -0.2) is 11.6 Å². The van der Waals surface area contributed by atoms with Crippen molar-refractivity contribution in [3.8, 4) is 0 Å². The van der Waals surface area contributed by atoms with Crippen LogP contribution in [0.1, 0.15) is 31.8 Å². The van der Waals surface area contributed by atoms with E-state index in [1.54, 1.807) is 12.1 Å². The van der Waals surface area contributed by atoms with Gasteiger partial charge in [0, 0.05) is 11.1 Å². The Morgan fingerprint density at radius 2 is 1.06 bits per heavy atom. The van der Waals surface area contributed by atoms with Crippen LogP contribution in [0, 0.1) is 11.6 Å². The fourth-order valence-corrected chi connectivity index (χ4v) is 2.14. The van der Waals surface area contributed by atoms with Gasteiger partial charge < -0.3 is 0 Å². The molecule has 0 atom stereocenters. The van der Waals surface area contributed by atoms with Crippen molar-refractivity contribution in [2.75, 3.05) is 0 Å². The molecule has 0 heterocycles. The molecule has 0 fully saturated rings. The van der Waals surface area contributed by atoms with Crippen molar-refractivity contribution < 1.29 is 18.4 Å². The van der Waals surface area contributed by atoms with Gasteiger partial charge in [-0.2, -0.15) is 0 Å². The largest absolute Gasteiger partial charge is 0.288 e. The van der Waals surface area contributed by atoms with Gasteiger partial charge in [-0.3, -0.25) is 9.59 Å². The average molecular weight is 244 g/mol. The molecule has 0 spiro atoms. The minimum absolute atomic E-state index is 0.111. The molecule has 0 bridgehead atoms. The Morgan fingerprint density at radius 1 is 0.667 bits per heavy atom. The lowest BCUT2D eigenvalue weighted by atomic mass is 9.83. The van der Waals surface area contributed by atoms with Crippen molar-refractivity contribution in [1.82, 2.24) is 0 Å². The minimum Gasteiger partial charge on any atom is -0.288 e. The number of carbonyl (C=O) groups excluding carboxylic acids is 2. The zero-order chi connectivity index (χ0) is 12.9. The molecule has 0 radical (unpaired) electrons. The molecule has 0 N–H and O–H groups in total. The van der Waals surface area contributed by atoms with Gasteiger partial charge in [0.2, 0.25) is 0 Å². The van der Waals surface area contributed by atoms with Crippen LogP contribution in [0.15, 0.2) is 36.4 Å². The number of rotatable bonds is 0. The molecule has 4 heteroatoms. The van der Waals surface area contributed by atoms with E-state index in [4.69, 9.17) is 0 Å².